The molecule has 0 saturated heterocycles. The van der Waals surface area contributed by atoms with Crippen LogP contribution in [0.2, 0.25) is 0 Å². The van der Waals surface area contributed by atoms with Gasteiger partial charge < -0.3 is 31.1 Å². The lowest BCUT2D eigenvalue weighted by Crippen LogP contribution is -2.55. The summed E-state index contributed by atoms with van der Waals surface area (Å²) in [5.41, 5.74) is 2.64. The normalized spacial score (nSPS) is 13.1. The fourth-order valence-corrected chi connectivity index (χ4v) is 3.63. The Morgan fingerprint density at radius 3 is 1.93 bits per heavy atom. The highest BCUT2D eigenvalue weighted by Gasteiger charge is 2.27. The summed E-state index contributed by atoms with van der Waals surface area (Å²) in [5.74, 6) is 2.70. The molecule has 0 bridgehead atoms. The predicted molar refractivity (Wildman–Crippen MR) is 150 cm³/mol. The van der Waals surface area contributed by atoms with Gasteiger partial charge in [0.1, 0.15) is 29.5 Å². The number of alkyl carbamates (subject to hydrolysis) is 1. The Labute approximate surface area is 238 Å². The zero-order valence-electron chi connectivity index (χ0n) is 23.5. The van der Waals surface area contributed by atoms with Gasteiger partial charge in [-0.3, -0.25) is 24.6 Å². The van der Waals surface area contributed by atoms with Crippen LogP contribution < -0.4 is 32.5 Å². The molecule has 41 heavy (non-hydrogen) atoms. The standard InChI is InChI=1S/C28H38N6O7/c1-17(24(37)30-16-23(36)32-22(26(39)34-29)14-18-8-6-5-7-9-18)31-25(38)21(33-27(40)41-28(2,3)4)15-19-10-12-20(35)13-11-19/h5-13,17,21-22,35H,14-16,29H2,1-4H3,(H,30,37)(H,31,38)(H,32,36)(H,33,40)(H,34,39)/t17-,21+,22+/m1/s1. The second-order valence-corrected chi connectivity index (χ2v) is 10.3. The van der Waals surface area contributed by atoms with Crippen LogP contribution in [0.15, 0.2) is 54.6 Å². The molecule has 3 atom stereocenters. The number of benzene rings is 2. The van der Waals surface area contributed by atoms with E-state index >= 15 is 0 Å². The average molecular weight is 571 g/mol. The average Bonchev–Trinajstić information content (AvgIpc) is 2.91. The number of nitrogens with one attached hydrogen (secondary N) is 5. The van der Waals surface area contributed by atoms with Crippen LogP contribution in [0.25, 0.3) is 0 Å². The van der Waals surface area contributed by atoms with Crippen molar-refractivity contribution in [3.63, 3.8) is 0 Å². The van der Waals surface area contributed by atoms with Gasteiger partial charge in [0, 0.05) is 12.8 Å². The lowest BCUT2D eigenvalue weighted by atomic mass is 10.0. The largest absolute Gasteiger partial charge is 0.508 e. The first-order chi connectivity index (χ1) is 19.3. The highest BCUT2D eigenvalue weighted by Crippen LogP contribution is 2.13. The predicted octanol–water partition coefficient (Wildman–Crippen LogP) is 0.166. The number of phenols is 1. The molecule has 2 aromatic carbocycles. The topological polar surface area (TPSA) is 201 Å². The van der Waals surface area contributed by atoms with E-state index in [2.05, 4.69) is 21.3 Å². The van der Waals surface area contributed by atoms with Gasteiger partial charge in [0.05, 0.1) is 6.54 Å². The molecule has 0 aliphatic heterocycles. The van der Waals surface area contributed by atoms with Gasteiger partial charge in [-0.2, -0.15) is 0 Å². The van der Waals surface area contributed by atoms with Gasteiger partial charge in [-0.1, -0.05) is 42.5 Å². The molecule has 0 spiro atoms. The number of rotatable bonds is 12. The maximum absolute atomic E-state index is 13.0. The molecule has 13 nitrogen and oxygen atoms in total. The summed E-state index contributed by atoms with van der Waals surface area (Å²) in [6.07, 6.45) is -0.589. The van der Waals surface area contributed by atoms with E-state index < -0.39 is 60.0 Å². The smallest absolute Gasteiger partial charge is 0.408 e. The van der Waals surface area contributed by atoms with Gasteiger partial charge in [-0.25, -0.2) is 10.6 Å². The van der Waals surface area contributed by atoms with Gasteiger partial charge in [0.15, 0.2) is 0 Å². The minimum absolute atomic E-state index is 0.0410. The van der Waals surface area contributed by atoms with E-state index in [0.29, 0.717) is 5.56 Å². The van der Waals surface area contributed by atoms with Crippen molar-refractivity contribution < 1.29 is 33.8 Å². The van der Waals surface area contributed by atoms with E-state index in [-0.39, 0.29) is 18.6 Å². The van der Waals surface area contributed by atoms with Gasteiger partial charge >= 0.3 is 6.09 Å². The van der Waals surface area contributed by atoms with Gasteiger partial charge in [-0.15, -0.1) is 0 Å². The summed E-state index contributed by atoms with van der Waals surface area (Å²) in [7, 11) is 0. The highest BCUT2D eigenvalue weighted by molar-refractivity contribution is 5.93. The number of hydrogen-bond donors (Lipinski definition) is 7. The molecule has 0 aromatic heterocycles. The molecule has 5 amide bonds. The molecule has 0 aliphatic carbocycles. The SMILES string of the molecule is C[C@@H](NC(=O)[C@H](Cc1ccc(O)cc1)NC(=O)OC(C)(C)C)C(=O)NCC(=O)N[C@@H](Cc1ccccc1)C(=O)NN. The van der Waals surface area contributed by atoms with Crippen LogP contribution in [0.4, 0.5) is 4.79 Å². The highest BCUT2D eigenvalue weighted by atomic mass is 16.6. The van der Waals surface area contributed by atoms with Crippen LogP contribution in [-0.2, 0) is 36.8 Å². The Hall–Kier alpha value is -4.65. The number of hydrogen-bond acceptors (Lipinski definition) is 8. The van der Waals surface area contributed by atoms with Crippen molar-refractivity contribution in [3.8, 4) is 5.75 Å². The van der Waals surface area contributed by atoms with Crippen molar-refractivity contribution >= 4 is 29.7 Å². The van der Waals surface area contributed by atoms with Crippen molar-refractivity contribution in [2.24, 2.45) is 5.84 Å². The Kier molecular flexibility index (Phi) is 12.1. The number of hydrazine groups is 1. The lowest BCUT2D eigenvalue weighted by Gasteiger charge is -2.24. The zero-order chi connectivity index (χ0) is 30.6. The first-order valence-corrected chi connectivity index (χ1v) is 13.0. The molecule has 13 heteroatoms. The lowest BCUT2D eigenvalue weighted by molar-refractivity contribution is -0.131. The molecule has 2 rings (SSSR count). The Morgan fingerprint density at radius 2 is 1.37 bits per heavy atom. The molecule has 0 radical (unpaired) electrons. The van der Waals surface area contributed by atoms with Gasteiger partial charge in [0.2, 0.25) is 17.7 Å². The number of aromatic hydroxyl groups is 1. The fourth-order valence-electron chi connectivity index (χ4n) is 3.63. The van der Waals surface area contributed by atoms with E-state index in [1.807, 2.05) is 11.5 Å². The van der Waals surface area contributed by atoms with E-state index in [9.17, 15) is 29.1 Å². The quantitative estimate of drug-likeness (QED) is 0.106. The molecule has 0 heterocycles. The first-order valence-electron chi connectivity index (χ1n) is 13.0. The number of carbonyl (C=O) groups is 5. The van der Waals surface area contributed by atoms with Crippen molar-refractivity contribution in [2.45, 2.75) is 64.3 Å². The molecule has 0 saturated carbocycles. The van der Waals surface area contributed by atoms with Gasteiger partial charge in [-0.05, 0) is 51.0 Å². The van der Waals surface area contributed by atoms with Crippen molar-refractivity contribution in [1.82, 2.24) is 26.7 Å². The molecule has 2 aromatic rings. The third-order valence-electron chi connectivity index (χ3n) is 5.64. The number of amides is 5. The maximum Gasteiger partial charge on any atom is 0.408 e. The van der Waals surface area contributed by atoms with Crippen LogP contribution in [0.5, 0.6) is 5.75 Å². The monoisotopic (exact) mass is 570 g/mol. The maximum atomic E-state index is 13.0. The van der Waals surface area contributed by atoms with Crippen LogP contribution >= 0.6 is 0 Å². The van der Waals surface area contributed by atoms with Crippen LogP contribution in [-0.4, -0.2) is 65.1 Å². The third-order valence-corrected chi connectivity index (χ3v) is 5.64. The molecule has 0 unspecified atom stereocenters. The molecular formula is C28H38N6O7. The van der Waals surface area contributed by atoms with E-state index in [4.69, 9.17) is 10.6 Å². The van der Waals surface area contributed by atoms with E-state index in [1.165, 1.54) is 19.1 Å². The van der Waals surface area contributed by atoms with Crippen LogP contribution in [0.1, 0.15) is 38.8 Å². The number of ether oxygens (including phenoxy) is 1. The van der Waals surface area contributed by atoms with Crippen LogP contribution in [0.3, 0.4) is 0 Å². The Balaban J connectivity index is 1.97. The molecule has 0 aliphatic rings. The summed E-state index contributed by atoms with van der Waals surface area (Å²) in [6, 6.07) is 11.9. The third kappa shape index (κ3) is 12.0. The first kappa shape index (κ1) is 32.6. The minimum Gasteiger partial charge on any atom is -0.508 e. The van der Waals surface area contributed by atoms with Crippen molar-refractivity contribution in [3.05, 3.63) is 65.7 Å². The summed E-state index contributed by atoms with van der Waals surface area (Å²) in [4.78, 5) is 62.7. The molecule has 222 valence electrons. The molecule has 0 fully saturated rings. The van der Waals surface area contributed by atoms with Crippen LogP contribution in [0, 0.1) is 0 Å². The number of phenolic OH excluding ortho intramolecular Hbond substituents is 1. The summed E-state index contributed by atoms with van der Waals surface area (Å²) < 4.78 is 5.26. The number of carbonyl (C=O) groups excluding carboxylic acids is 5. The summed E-state index contributed by atoms with van der Waals surface area (Å²) in [6.45, 7) is 5.98. The summed E-state index contributed by atoms with van der Waals surface area (Å²) >= 11 is 0. The number of nitrogens with two attached hydrogens (primary N) is 1. The van der Waals surface area contributed by atoms with E-state index in [1.54, 1.807) is 57.2 Å². The Morgan fingerprint density at radius 1 is 0.805 bits per heavy atom. The zero-order valence-corrected chi connectivity index (χ0v) is 23.5. The van der Waals surface area contributed by atoms with Crippen molar-refractivity contribution in [1.29, 1.82) is 0 Å². The summed E-state index contributed by atoms with van der Waals surface area (Å²) in [5, 5.41) is 19.5. The Bertz CT molecular complexity index is 1200. The molecular weight excluding hydrogens is 532 g/mol. The minimum atomic E-state index is -1.11. The second kappa shape index (κ2) is 15.2. The second-order valence-electron chi connectivity index (χ2n) is 10.3. The van der Waals surface area contributed by atoms with E-state index in [0.717, 1.165) is 5.56 Å². The molecule has 8 N–H and O–H groups in total. The van der Waals surface area contributed by atoms with Gasteiger partial charge in [0.25, 0.3) is 5.91 Å². The fraction of sp³-hybridized carbons (Fsp3) is 0.393. The van der Waals surface area contributed by atoms with Crippen molar-refractivity contribution in [2.75, 3.05) is 6.54 Å².